The van der Waals surface area contributed by atoms with Crippen LogP contribution in [0.4, 0.5) is 19.0 Å². The fraction of sp³-hybridized carbons (Fsp3) is 0.346. The molecule has 1 aliphatic carbocycles. The molecule has 2 unspecified atom stereocenters. The largest absolute Gasteiger partial charge is 0.363 e. The van der Waals surface area contributed by atoms with Crippen LogP contribution in [0.2, 0.25) is 0 Å². The Hall–Kier alpha value is -3.65. The number of hydrogen-bond donors (Lipinski definition) is 1. The molecule has 0 bridgehead atoms. The molecule has 2 atom stereocenters. The van der Waals surface area contributed by atoms with Crippen molar-refractivity contribution in [3.05, 3.63) is 66.3 Å². The van der Waals surface area contributed by atoms with E-state index in [0.29, 0.717) is 0 Å². The van der Waals surface area contributed by atoms with Gasteiger partial charge in [-0.05, 0) is 37.0 Å². The number of nitrogens with one attached hydrogen (secondary N) is 1. The van der Waals surface area contributed by atoms with Crippen molar-refractivity contribution < 1.29 is 21.6 Å². The Labute approximate surface area is 213 Å². The van der Waals surface area contributed by atoms with E-state index in [1.807, 2.05) is 20.8 Å². The predicted octanol–water partition coefficient (Wildman–Crippen LogP) is 5.87. The zero-order chi connectivity index (χ0) is 27.2. The van der Waals surface area contributed by atoms with Crippen LogP contribution in [0.15, 0.2) is 54.6 Å². The van der Waals surface area contributed by atoms with Gasteiger partial charge in [-0.2, -0.15) is 5.26 Å². The van der Waals surface area contributed by atoms with E-state index in [0.717, 1.165) is 22.3 Å². The Morgan fingerprint density at radius 3 is 2.62 bits per heavy atom. The van der Waals surface area contributed by atoms with Crippen LogP contribution in [0.5, 0.6) is 0 Å². The van der Waals surface area contributed by atoms with Gasteiger partial charge in [0.2, 0.25) is 10.0 Å². The number of fused-ring (bicyclic) bond motifs is 1. The lowest BCUT2D eigenvalue weighted by atomic mass is 9.85. The average Bonchev–Trinajstić information content (AvgIpc) is 3.21. The summed E-state index contributed by atoms with van der Waals surface area (Å²) < 4.78 is 70.4. The van der Waals surface area contributed by atoms with Crippen molar-refractivity contribution in [2.45, 2.75) is 51.3 Å². The van der Waals surface area contributed by atoms with Crippen molar-refractivity contribution in [1.29, 1.82) is 5.26 Å². The highest BCUT2D eigenvalue weighted by Gasteiger charge is 2.41. The van der Waals surface area contributed by atoms with Gasteiger partial charge in [0.1, 0.15) is 21.9 Å². The van der Waals surface area contributed by atoms with Crippen LogP contribution in [0, 0.1) is 28.4 Å². The number of benzene rings is 1. The molecule has 11 heteroatoms. The van der Waals surface area contributed by atoms with Crippen LogP contribution < -0.4 is 5.32 Å². The highest BCUT2D eigenvalue weighted by atomic mass is 32.2. The SMILES string of the molecule is CC(C)(C)C(CC#N)Nc1nc(-c2cn(S(=O)(=O)C3(C)C=C(F)C=CC3)c3c(F)cccc23)ncc1F. The van der Waals surface area contributed by atoms with E-state index in [4.69, 9.17) is 0 Å². The number of para-hydroxylation sites is 1. The normalized spacial score (nSPS) is 18.9. The van der Waals surface area contributed by atoms with Gasteiger partial charge in [-0.3, -0.25) is 0 Å². The summed E-state index contributed by atoms with van der Waals surface area (Å²) >= 11 is 0. The third kappa shape index (κ3) is 4.73. The van der Waals surface area contributed by atoms with Crippen LogP contribution in [-0.2, 0) is 10.0 Å². The Morgan fingerprint density at radius 2 is 1.97 bits per heavy atom. The molecule has 0 radical (unpaired) electrons. The zero-order valence-corrected chi connectivity index (χ0v) is 21.6. The van der Waals surface area contributed by atoms with E-state index in [-0.39, 0.29) is 41.0 Å². The van der Waals surface area contributed by atoms with Crippen molar-refractivity contribution in [1.82, 2.24) is 13.9 Å². The van der Waals surface area contributed by atoms with Crippen LogP contribution in [0.25, 0.3) is 22.3 Å². The lowest BCUT2D eigenvalue weighted by molar-refractivity contribution is 0.342. The second kappa shape index (κ2) is 9.34. The third-order valence-electron chi connectivity index (χ3n) is 6.47. The monoisotopic (exact) mass is 529 g/mol. The first-order valence-corrected chi connectivity index (χ1v) is 13.0. The second-order valence-corrected chi connectivity index (χ2v) is 12.5. The number of nitrogens with zero attached hydrogens (tertiary/aromatic N) is 4. The fourth-order valence-electron chi connectivity index (χ4n) is 4.21. The molecule has 0 fully saturated rings. The molecule has 0 saturated heterocycles. The first-order chi connectivity index (χ1) is 17.3. The number of anilines is 1. The van der Waals surface area contributed by atoms with Crippen LogP contribution in [0.1, 0.15) is 40.5 Å². The van der Waals surface area contributed by atoms with E-state index < -0.39 is 43.7 Å². The summed E-state index contributed by atoms with van der Waals surface area (Å²) in [5, 5.41) is 12.3. The maximum Gasteiger partial charge on any atom is 0.248 e. The molecule has 0 saturated carbocycles. The van der Waals surface area contributed by atoms with Gasteiger partial charge in [0.25, 0.3) is 0 Å². The Kier molecular flexibility index (Phi) is 6.67. The van der Waals surface area contributed by atoms with E-state index >= 15 is 4.39 Å². The van der Waals surface area contributed by atoms with Crippen LogP contribution in [0.3, 0.4) is 0 Å². The summed E-state index contributed by atoms with van der Waals surface area (Å²) in [4.78, 5) is 8.31. The van der Waals surface area contributed by atoms with Crippen LogP contribution in [-0.4, -0.2) is 33.1 Å². The van der Waals surface area contributed by atoms with Gasteiger partial charge in [-0.1, -0.05) is 39.0 Å². The van der Waals surface area contributed by atoms with E-state index in [1.165, 1.54) is 37.4 Å². The van der Waals surface area contributed by atoms with Gasteiger partial charge in [0, 0.05) is 23.2 Å². The highest BCUT2D eigenvalue weighted by molar-refractivity contribution is 7.91. The lowest BCUT2D eigenvalue weighted by Gasteiger charge is -2.30. The Bertz CT molecular complexity index is 1580. The molecule has 1 aliphatic rings. The topological polar surface area (TPSA) is 101 Å². The highest BCUT2D eigenvalue weighted by Crippen LogP contribution is 2.38. The van der Waals surface area contributed by atoms with Crippen LogP contribution >= 0.6 is 0 Å². The summed E-state index contributed by atoms with van der Waals surface area (Å²) in [5.41, 5.74) is -0.512. The number of rotatable bonds is 6. The standard InChI is InChI=1S/C26H26F3N5O2S/c1-25(2,3)21(10-12-30)32-24-20(29)14-31-23(33-24)18-15-34(22-17(18)8-5-9-19(22)28)37(35,36)26(4)11-6-7-16(27)13-26/h5-9,13-15,21H,10-11H2,1-4H3,(H,31,32,33). The zero-order valence-electron chi connectivity index (χ0n) is 20.8. The summed E-state index contributed by atoms with van der Waals surface area (Å²) in [6, 6.07) is 5.66. The molecule has 37 heavy (non-hydrogen) atoms. The molecule has 2 heterocycles. The Balaban J connectivity index is 1.89. The molecular weight excluding hydrogens is 503 g/mol. The summed E-state index contributed by atoms with van der Waals surface area (Å²) in [5.74, 6) is -2.50. The molecule has 0 amide bonds. The molecule has 2 aromatic heterocycles. The summed E-state index contributed by atoms with van der Waals surface area (Å²) in [7, 11) is -4.37. The first-order valence-electron chi connectivity index (χ1n) is 11.5. The second-order valence-electron chi connectivity index (χ2n) is 10.2. The van der Waals surface area contributed by atoms with Gasteiger partial charge < -0.3 is 5.32 Å². The smallest absolute Gasteiger partial charge is 0.248 e. The molecule has 3 aromatic rings. The quantitative estimate of drug-likeness (QED) is 0.429. The van der Waals surface area contributed by atoms with Gasteiger partial charge >= 0.3 is 0 Å². The molecule has 0 spiro atoms. The van der Waals surface area contributed by atoms with Gasteiger partial charge in [0.05, 0.1) is 18.7 Å². The minimum Gasteiger partial charge on any atom is -0.363 e. The lowest BCUT2D eigenvalue weighted by Crippen LogP contribution is -2.38. The minimum atomic E-state index is -4.37. The molecule has 0 aliphatic heterocycles. The van der Waals surface area contributed by atoms with Gasteiger partial charge in [-0.25, -0.2) is 35.5 Å². The first kappa shape index (κ1) is 26.4. The summed E-state index contributed by atoms with van der Waals surface area (Å²) in [6.45, 7) is 7.03. The van der Waals surface area contributed by atoms with Gasteiger partial charge in [-0.15, -0.1) is 0 Å². The van der Waals surface area contributed by atoms with Crippen molar-refractivity contribution in [3.63, 3.8) is 0 Å². The molecule has 7 nitrogen and oxygen atoms in total. The molecule has 4 rings (SSSR count). The van der Waals surface area contributed by atoms with E-state index in [1.54, 1.807) is 0 Å². The fourth-order valence-corrected chi connectivity index (χ4v) is 5.90. The Morgan fingerprint density at radius 1 is 1.24 bits per heavy atom. The van der Waals surface area contributed by atoms with Crippen molar-refractivity contribution in [2.75, 3.05) is 5.32 Å². The molecule has 1 aromatic carbocycles. The molecule has 1 N–H and O–H groups in total. The summed E-state index contributed by atoms with van der Waals surface area (Å²) in [6.07, 6.45) is 5.75. The average molecular weight is 530 g/mol. The van der Waals surface area contributed by atoms with E-state index in [9.17, 15) is 22.5 Å². The number of aromatic nitrogens is 3. The van der Waals surface area contributed by atoms with Gasteiger partial charge in [0.15, 0.2) is 17.5 Å². The number of hydrogen-bond acceptors (Lipinski definition) is 6. The van der Waals surface area contributed by atoms with Crippen molar-refractivity contribution in [2.24, 2.45) is 5.41 Å². The predicted molar refractivity (Wildman–Crippen MR) is 136 cm³/mol. The maximum absolute atomic E-state index is 15.1. The number of nitriles is 1. The van der Waals surface area contributed by atoms with E-state index in [2.05, 4.69) is 21.4 Å². The number of allylic oxidation sites excluding steroid dienone is 3. The minimum absolute atomic E-state index is 0.0135. The van der Waals surface area contributed by atoms with Crippen molar-refractivity contribution in [3.8, 4) is 17.5 Å². The molecular formula is C26H26F3N5O2S. The third-order valence-corrected chi connectivity index (χ3v) is 8.74. The van der Waals surface area contributed by atoms with Crippen molar-refractivity contribution >= 4 is 26.7 Å². The molecule has 194 valence electrons. The maximum atomic E-state index is 15.1. The number of halogens is 3.